The molecule has 5 unspecified atom stereocenters. The Kier molecular flexibility index (Phi) is 7.03. The summed E-state index contributed by atoms with van der Waals surface area (Å²) in [6, 6.07) is -1.43. The zero-order valence-corrected chi connectivity index (χ0v) is 18.8. The van der Waals surface area contributed by atoms with Gasteiger partial charge in [-0.1, -0.05) is 5.16 Å². The van der Waals surface area contributed by atoms with E-state index in [1.54, 1.807) is 0 Å². The van der Waals surface area contributed by atoms with Crippen LogP contribution in [0, 0.1) is 0 Å². The molecule has 31 heavy (non-hydrogen) atoms. The van der Waals surface area contributed by atoms with Crippen molar-refractivity contribution in [2.45, 2.75) is 41.9 Å². The fraction of sp³-hybridized carbons (Fsp3) is 0.647. The molecule has 6 N–H and O–H groups in total. The zero-order chi connectivity index (χ0) is 22.1. The summed E-state index contributed by atoms with van der Waals surface area (Å²) in [7, 11) is 0. The second-order valence-electron chi connectivity index (χ2n) is 7.34. The maximum Gasteiger partial charge on any atom is 0.353 e. The van der Waals surface area contributed by atoms with Crippen molar-refractivity contribution in [2.24, 2.45) is 10.9 Å². The third kappa shape index (κ3) is 4.54. The average molecular weight is 490 g/mol. The van der Waals surface area contributed by atoms with Crippen LogP contribution in [0.1, 0.15) is 12.8 Å². The molecule has 0 bridgehead atoms. The Bertz CT molecular complexity index is 833. The SMILES string of the molecule is NC1NC(/C(=N\O)C(=O)NC2C(=O)N3C(C(=O)O)=C(SCC4CCCO4)CSC23)CS1. The number of oxime groups is 1. The number of hydrogen-bond acceptors (Lipinski definition) is 11. The molecule has 4 aliphatic heterocycles. The van der Waals surface area contributed by atoms with Crippen LogP contribution in [0.2, 0.25) is 0 Å². The van der Waals surface area contributed by atoms with E-state index in [9.17, 15) is 24.7 Å². The van der Waals surface area contributed by atoms with Crippen LogP contribution in [-0.4, -0.2) is 91.6 Å². The van der Waals surface area contributed by atoms with Crippen LogP contribution in [-0.2, 0) is 19.1 Å². The van der Waals surface area contributed by atoms with Gasteiger partial charge >= 0.3 is 5.97 Å². The Hall–Kier alpha value is -1.45. The summed E-state index contributed by atoms with van der Waals surface area (Å²) in [6.45, 7) is 0.721. The lowest BCUT2D eigenvalue weighted by molar-refractivity contribution is -0.150. The van der Waals surface area contributed by atoms with Gasteiger partial charge in [0, 0.05) is 28.8 Å². The van der Waals surface area contributed by atoms with Crippen LogP contribution in [0.5, 0.6) is 0 Å². The first-order valence-electron chi connectivity index (χ1n) is 9.72. The topological polar surface area (TPSA) is 167 Å². The lowest BCUT2D eigenvalue weighted by atomic mass is 10.0. The highest BCUT2D eigenvalue weighted by Crippen LogP contribution is 2.43. The standard InChI is InChI=1S/C17H23N5O6S3/c18-17-19-8(5-31-17)10(21-27)13(23)20-11-14(24)22-12(16(25)26)9(6-30-15(11)22)29-4-7-2-1-3-28-7/h7-8,11,15,17,19,27H,1-6,18H2,(H,20,23)(H,25,26)/b21-10+. The number of carbonyl (C=O) groups excluding carboxylic acids is 2. The molecule has 4 rings (SSSR count). The normalized spacial score (nSPS) is 33.3. The lowest BCUT2D eigenvalue weighted by Gasteiger charge is -2.49. The first-order valence-corrected chi connectivity index (χ1v) is 12.8. The van der Waals surface area contributed by atoms with Gasteiger partial charge in [0.1, 0.15) is 22.6 Å². The molecule has 3 saturated heterocycles. The van der Waals surface area contributed by atoms with Gasteiger partial charge in [0.05, 0.1) is 12.1 Å². The molecule has 170 valence electrons. The van der Waals surface area contributed by atoms with E-state index in [1.807, 2.05) is 0 Å². The quantitative estimate of drug-likeness (QED) is 0.134. The van der Waals surface area contributed by atoms with E-state index >= 15 is 0 Å². The van der Waals surface area contributed by atoms with Crippen molar-refractivity contribution in [3.8, 4) is 0 Å². The van der Waals surface area contributed by atoms with Gasteiger partial charge in [0.2, 0.25) is 0 Å². The summed E-state index contributed by atoms with van der Waals surface area (Å²) in [5.41, 5.74) is 5.17. The number of nitrogens with two attached hydrogens (primary N) is 1. The Morgan fingerprint density at radius 2 is 2.23 bits per heavy atom. The van der Waals surface area contributed by atoms with Crippen molar-refractivity contribution >= 4 is 58.8 Å². The van der Waals surface area contributed by atoms with E-state index in [1.165, 1.54) is 40.2 Å². The summed E-state index contributed by atoms with van der Waals surface area (Å²) < 4.78 is 5.59. The van der Waals surface area contributed by atoms with Crippen LogP contribution in [0.4, 0.5) is 0 Å². The molecule has 0 aromatic heterocycles. The number of ether oxygens (including phenoxy) is 1. The monoisotopic (exact) mass is 489 g/mol. The predicted molar refractivity (Wildman–Crippen MR) is 118 cm³/mol. The summed E-state index contributed by atoms with van der Waals surface area (Å²) in [5.74, 6) is -0.833. The van der Waals surface area contributed by atoms with Crippen molar-refractivity contribution in [1.82, 2.24) is 15.5 Å². The number of carboxylic acids is 1. The van der Waals surface area contributed by atoms with Crippen LogP contribution < -0.4 is 16.4 Å². The highest BCUT2D eigenvalue weighted by atomic mass is 32.2. The molecule has 3 fully saturated rings. The van der Waals surface area contributed by atoms with Gasteiger partial charge in [-0.15, -0.1) is 35.3 Å². The lowest BCUT2D eigenvalue weighted by Crippen LogP contribution is -2.71. The van der Waals surface area contributed by atoms with Crippen molar-refractivity contribution in [1.29, 1.82) is 0 Å². The molecule has 4 heterocycles. The van der Waals surface area contributed by atoms with Gasteiger partial charge in [-0.3, -0.25) is 19.8 Å². The molecule has 11 nitrogen and oxygen atoms in total. The first-order chi connectivity index (χ1) is 14.9. The second kappa shape index (κ2) is 9.58. The Morgan fingerprint density at radius 3 is 2.84 bits per heavy atom. The highest BCUT2D eigenvalue weighted by Gasteiger charge is 2.54. The van der Waals surface area contributed by atoms with E-state index in [0.29, 0.717) is 22.2 Å². The Balaban J connectivity index is 1.42. The fourth-order valence-corrected chi connectivity index (χ4v) is 7.43. The van der Waals surface area contributed by atoms with Gasteiger partial charge in [-0.2, -0.15) is 0 Å². The number of thioether (sulfide) groups is 3. The molecule has 5 atom stereocenters. The van der Waals surface area contributed by atoms with E-state index in [-0.39, 0.29) is 23.0 Å². The number of amides is 2. The van der Waals surface area contributed by atoms with Gasteiger partial charge < -0.3 is 26.1 Å². The van der Waals surface area contributed by atoms with Gasteiger partial charge in [0.15, 0.2) is 5.71 Å². The van der Waals surface area contributed by atoms with Crippen molar-refractivity contribution in [3.05, 3.63) is 10.6 Å². The van der Waals surface area contributed by atoms with Crippen LogP contribution in [0.15, 0.2) is 15.8 Å². The van der Waals surface area contributed by atoms with Crippen molar-refractivity contribution in [2.75, 3.05) is 23.9 Å². The van der Waals surface area contributed by atoms with Crippen LogP contribution in [0.3, 0.4) is 0 Å². The van der Waals surface area contributed by atoms with E-state index in [2.05, 4.69) is 15.8 Å². The molecule has 2 amide bonds. The van der Waals surface area contributed by atoms with Gasteiger partial charge in [0.25, 0.3) is 11.8 Å². The molecule has 0 spiro atoms. The summed E-state index contributed by atoms with van der Waals surface area (Å²) in [5, 5.41) is 27.1. The van der Waals surface area contributed by atoms with E-state index < -0.39 is 35.2 Å². The largest absolute Gasteiger partial charge is 0.477 e. The number of nitrogens with one attached hydrogen (secondary N) is 2. The molecule has 0 aromatic rings. The van der Waals surface area contributed by atoms with E-state index in [0.717, 1.165) is 19.4 Å². The molecule has 4 aliphatic rings. The maximum atomic E-state index is 12.8. The molecule has 0 aromatic carbocycles. The highest BCUT2D eigenvalue weighted by molar-refractivity contribution is 8.06. The number of carbonyl (C=O) groups is 3. The molecule has 0 saturated carbocycles. The fourth-order valence-electron chi connectivity index (χ4n) is 3.81. The minimum atomic E-state index is -1.17. The van der Waals surface area contributed by atoms with Crippen LogP contribution >= 0.6 is 35.3 Å². The number of rotatable bonds is 7. The summed E-state index contributed by atoms with van der Waals surface area (Å²) in [6.07, 6.45) is 2.04. The third-order valence-electron chi connectivity index (χ3n) is 5.37. The molecule has 14 heteroatoms. The number of hydrogen-bond donors (Lipinski definition) is 5. The number of aliphatic carboxylic acids is 1. The molecular formula is C17H23N5O6S3. The smallest absolute Gasteiger partial charge is 0.353 e. The maximum absolute atomic E-state index is 12.8. The van der Waals surface area contributed by atoms with Crippen molar-refractivity contribution in [3.63, 3.8) is 0 Å². The van der Waals surface area contributed by atoms with Crippen molar-refractivity contribution < 1.29 is 29.4 Å². The summed E-state index contributed by atoms with van der Waals surface area (Å²) in [4.78, 5) is 39.1. The predicted octanol–water partition coefficient (Wildman–Crippen LogP) is -0.628. The van der Waals surface area contributed by atoms with Gasteiger partial charge in [-0.05, 0) is 12.8 Å². The minimum absolute atomic E-state index is 0.0295. The zero-order valence-electron chi connectivity index (χ0n) is 16.4. The first kappa shape index (κ1) is 22.7. The Labute approximate surface area is 190 Å². The minimum Gasteiger partial charge on any atom is -0.477 e. The number of β-lactam (4-membered cyclic amide) rings is 1. The average Bonchev–Trinajstić information content (AvgIpc) is 3.42. The molecular weight excluding hydrogens is 466 g/mol. The number of fused-ring (bicyclic) bond motifs is 1. The molecule has 0 aliphatic carbocycles. The van der Waals surface area contributed by atoms with Crippen LogP contribution in [0.25, 0.3) is 0 Å². The molecule has 0 radical (unpaired) electrons. The second-order valence-corrected chi connectivity index (χ2v) is 10.7. The van der Waals surface area contributed by atoms with Gasteiger partial charge in [-0.25, -0.2) is 4.79 Å². The summed E-state index contributed by atoms with van der Waals surface area (Å²) >= 11 is 4.18. The Morgan fingerprint density at radius 1 is 1.42 bits per heavy atom. The number of carboxylic acid groups (broad SMARTS) is 1. The van der Waals surface area contributed by atoms with E-state index in [4.69, 9.17) is 10.5 Å². The third-order valence-corrected chi connectivity index (χ3v) is 9.08. The number of nitrogens with zero attached hydrogens (tertiary/aromatic N) is 2.